The highest BCUT2D eigenvalue weighted by Crippen LogP contribution is 2.36. The summed E-state index contributed by atoms with van der Waals surface area (Å²) in [4.78, 5) is 33.7. The quantitative estimate of drug-likeness (QED) is 0.188. The Morgan fingerprint density at radius 3 is 1.97 bits per heavy atom. The molecule has 0 amide bonds. The SMILES string of the molecule is O=C1C(=Cc2nc3sc(-c4ccccc4)cc3n2Cc2ccccc2)C(=O)c2cc3ccccc3cc21. The second-order valence-corrected chi connectivity index (χ2v) is 10.2. The molecule has 0 fully saturated rings. The average molecular weight is 497 g/mol. The van der Waals surface area contributed by atoms with E-state index in [1.807, 2.05) is 72.8 Å². The minimum absolute atomic E-state index is 0.167. The van der Waals surface area contributed by atoms with Gasteiger partial charge in [0.2, 0.25) is 0 Å². The van der Waals surface area contributed by atoms with Crippen LogP contribution in [-0.4, -0.2) is 21.1 Å². The van der Waals surface area contributed by atoms with E-state index in [9.17, 15) is 9.59 Å². The molecule has 37 heavy (non-hydrogen) atoms. The summed E-state index contributed by atoms with van der Waals surface area (Å²) < 4.78 is 2.10. The first-order chi connectivity index (χ1) is 18.2. The minimum atomic E-state index is -0.242. The lowest BCUT2D eigenvalue weighted by molar-refractivity contribution is 0.0990. The molecule has 0 N–H and O–H groups in total. The van der Waals surface area contributed by atoms with Crippen LogP contribution in [0.25, 0.3) is 37.6 Å². The number of hydrogen-bond acceptors (Lipinski definition) is 4. The Bertz CT molecular complexity index is 1820. The number of nitrogens with zero attached hydrogens (tertiary/aromatic N) is 2. The van der Waals surface area contributed by atoms with Gasteiger partial charge in [-0.05, 0) is 46.2 Å². The molecule has 0 atom stereocenters. The van der Waals surface area contributed by atoms with Crippen molar-refractivity contribution in [1.82, 2.24) is 9.55 Å². The zero-order valence-corrected chi connectivity index (χ0v) is 20.5. The maximum absolute atomic E-state index is 13.4. The molecule has 4 nitrogen and oxygen atoms in total. The number of aromatic nitrogens is 2. The number of fused-ring (bicyclic) bond motifs is 3. The average Bonchev–Trinajstić information content (AvgIpc) is 3.56. The Balaban J connectivity index is 1.37. The van der Waals surface area contributed by atoms with E-state index < -0.39 is 0 Å². The lowest BCUT2D eigenvalue weighted by atomic mass is 10.0. The Morgan fingerprint density at radius 1 is 0.730 bits per heavy atom. The molecule has 1 aliphatic carbocycles. The van der Waals surface area contributed by atoms with Crippen molar-refractivity contribution in [3.8, 4) is 10.4 Å². The van der Waals surface area contributed by atoms with Crippen molar-refractivity contribution < 1.29 is 9.59 Å². The lowest BCUT2D eigenvalue weighted by Gasteiger charge is -2.07. The smallest absolute Gasteiger partial charge is 0.197 e. The van der Waals surface area contributed by atoms with Gasteiger partial charge in [0.25, 0.3) is 0 Å². The van der Waals surface area contributed by atoms with Gasteiger partial charge in [0, 0.05) is 22.5 Å². The second kappa shape index (κ2) is 8.50. The molecule has 7 rings (SSSR count). The Kier molecular flexibility index (Phi) is 4.98. The largest absolute Gasteiger partial charge is 0.319 e. The van der Waals surface area contributed by atoms with Crippen LogP contribution in [-0.2, 0) is 6.54 Å². The normalized spacial score (nSPS) is 13.0. The minimum Gasteiger partial charge on any atom is -0.319 e. The fourth-order valence-corrected chi connectivity index (χ4v) is 6.04. The number of thiophene rings is 1. The number of ketones is 2. The zero-order chi connectivity index (χ0) is 24.9. The third-order valence-corrected chi connectivity index (χ3v) is 7.92. The first-order valence-corrected chi connectivity index (χ1v) is 12.9. The second-order valence-electron chi connectivity index (χ2n) is 9.17. The van der Waals surface area contributed by atoms with E-state index in [0.717, 1.165) is 37.1 Å². The van der Waals surface area contributed by atoms with E-state index >= 15 is 0 Å². The number of allylic oxidation sites excluding steroid dienone is 1. The Morgan fingerprint density at radius 2 is 1.32 bits per heavy atom. The zero-order valence-electron chi connectivity index (χ0n) is 19.7. The van der Waals surface area contributed by atoms with Gasteiger partial charge in [-0.2, -0.15) is 0 Å². The van der Waals surface area contributed by atoms with E-state index in [1.54, 1.807) is 17.4 Å². The summed E-state index contributed by atoms with van der Waals surface area (Å²) in [6.45, 7) is 0.584. The summed E-state index contributed by atoms with van der Waals surface area (Å²) in [5.74, 6) is 0.125. The predicted molar refractivity (Wildman–Crippen MR) is 149 cm³/mol. The summed E-state index contributed by atoms with van der Waals surface area (Å²) in [5, 5.41) is 1.89. The predicted octanol–water partition coefficient (Wildman–Crippen LogP) is 7.43. The molecule has 0 bridgehead atoms. The molecule has 0 saturated heterocycles. The van der Waals surface area contributed by atoms with Crippen LogP contribution in [0.2, 0.25) is 0 Å². The van der Waals surface area contributed by atoms with Gasteiger partial charge in [0.1, 0.15) is 10.7 Å². The van der Waals surface area contributed by atoms with E-state index in [0.29, 0.717) is 23.5 Å². The summed E-state index contributed by atoms with van der Waals surface area (Å²) in [6.07, 6.45) is 1.67. The molecule has 0 saturated carbocycles. The third kappa shape index (κ3) is 3.63. The van der Waals surface area contributed by atoms with Crippen molar-refractivity contribution in [3.05, 3.63) is 131 Å². The molecule has 6 aromatic rings. The highest BCUT2D eigenvalue weighted by Gasteiger charge is 2.34. The van der Waals surface area contributed by atoms with Crippen LogP contribution in [0, 0.1) is 0 Å². The van der Waals surface area contributed by atoms with Gasteiger partial charge in [-0.25, -0.2) is 4.98 Å². The van der Waals surface area contributed by atoms with Gasteiger partial charge in [-0.3, -0.25) is 9.59 Å². The molecule has 0 aliphatic heterocycles. The van der Waals surface area contributed by atoms with E-state index in [-0.39, 0.29) is 17.1 Å². The van der Waals surface area contributed by atoms with Crippen LogP contribution in [0.4, 0.5) is 0 Å². The fourth-order valence-electron chi connectivity index (χ4n) is 4.99. The van der Waals surface area contributed by atoms with Gasteiger partial charge in [0.05, 0.1) is 11.1 Å². The van der Waals surface area contributed by atoms with E-state index in [4.69, 9.17) is 4.98 Å². The number of imidazole rings is 1. The van der Waals surface area contributed by atoms with E-state index in [1.165, 1.54) is 0 Å². The van der Waals surface area contributed by atoms with Gasteiger partial charge in [-0.1, -0.05) is 84.9 Å². The van der Waals surface area contributed by atoms with Crippen LogP contribution >= 0.6 is 11.3 Å². The highest BCUT2D eigenvalue weighted by atomic mass is 32.1. The molecule has 2 heterocycles. The molecule has 1 aliphatic rings. The van der Waals surface area contributed by atoms with Crippen LogP contribution in [0.1, 0.15) is 32.1 Å². The number of carbonyl (C=O) groups is 2. The molecule has 0 radical (unpaired) electrons. The van der Waals surface area contributed by atoms with Crippen molar-refractivity contribution in [2.75, 3.05) is 0 Å². The molecule has 0 unspecified atom stereocenters. The molecule has 176 valence electrons. The maximum Gasteiger partial charge on any atom is 0.197 e. The van der Waals surface area contributed by atoms with Crippen molar-refractivity contribution in [2.24, 2.45) is 0 Å². The van der Waals surface area contributed by atoms with Gasteiger partial charge < -0.3 is 4.57 Å². The molecular weight excluding hydrogens is 476 g/mol. The Hall–Kier alpha value is -4.61. The summed E-state index contributed by atoms with van der Waals surface area (Å²) in [6, 6.07) is 34.0. The van der Waals surface area contributed by atoms with Crippen LogP contribution in [0.5, 0.6) is 0 Å². The number of benzene rings is 4. The van der Waals surface area contributed by atoms with Crippen LogP contribution in [0.15, 0.2) is 109 Å². The molecule has 5 heteroatoms. The van der Waals surface area contributed by atoms with E-state index in [2.05, 4.69) is 34.9 Å². The lowest BCUT2D eigenvalue weighted by Crippen LogP contribution is -2.05. The molecular formula is C32H20N2O2S. The molecule has 0 spiro atoms. The topological polar surface area (TPSA) is 52.0 Å². The number of Topliss-reactive ketones (excluding diaryl/α,β-unsaturated/α-hetero) is 2. The molecule has 2 aromatic heterocycles. The van der Waals surface area contributed by atoms with Crippen LogP contribution in [0.3, 0.4) is 0 Å². The fraction of sp³-hybridized carbons (Fsp3) is 0.0312. The number of carbonyl (C=O) groups excluding carboxylic acids is 2. The monoisotopic (exact) mass is 496 g/mol. The highest BCUT2D eigenvalue weighted by molar-refractivity contribution is 7.21. The summed E-state index contributed by atoms with van der Waals surface area (Å²) in [5.41, 5.74) is 4.34. The summed E-state index contributed by atoms with van der Waals surface area (Å²) in [7, 11) is 0. The molecule has 4 aromatic carbocycles. The first kappa shape index (κ1) is 21.7. The van der Waals surface area contributed by atoms with Gasteiger partial charge in [-0.15, -0.1) is 11.3 Å². The van der Waals surface area contributed by atoms with Crippen molar-refractivity contribution in [2.45, 2.75) is 6.54 Å². The standard InChI is InChI=1S/C32H20N2O2S/c35-30-24-15-22-13-7-8-14-23(22)16-25(24)31(36)26(30)17-29-33-32-27(34(29)19-20-9-3-1-4-10-20)18-28(37-32)21-11-5-2-6-12-21/h1-18H,19H2. The van der Waals surface area contributed by atoms with Crippen molar-refractivity contribution in [1.29, 1.82) is 0 Å². The Labute approximate surface area is 217 Å². The van der Waals surface area contributed by atoms with Crippen LogP contribution < -0.4 is 0 Å². The van der Waals surface area contributed by atoms with Gasteiger partial charge >= 0.3 is 0 Å². The third-order valence-electron chi connectivity index (χ3n) is 6.86. The number of hydrogen-bond donors (Lipinski definition) is 0. The maximum atomic E-state index is 13.4. The first-order valence-electron chi connectivity index (χ1n) is 12.1. The van der Waals surface area contributed by atoms with Gasteiger partial charge in [0.15, 0.2) is 11.6 Å². The van der Waals surface area contributed by atoms with Crippen molar-refractivity contribution >= 4 is 50.1 Å². The van der Waals surface area contributed by atoms with Crippen molar-refractivity contribution in [3.63, 3.8) is 0 Å². The number of rotatable bonds is 4. The summed E-state index contributed by atoms with van der Waals surface area (Å²) >= 11 is 1.61.